The quantitative estimate of drug-likeness (QED) is 0.874. The van der Waals surface area contributed by atoms with E-state index in [1.54, 1.807) is 11.4 Å². The summed E-state index contributed by atoms with van der Waals surface area (Å²) in [7, 11) is 0. The number of ether oxygens (including phenoxy) is 2. The van der Waals surface area contributed by atoms with Crippen LogP contribution in [0.25, 0.3) is 0 Å². The first kappa shape index (κ1) is 18.0. The van der Waals surface area contributed by atoms with Crippen LogP contribution in [0.1, 0.15) is 24.8 Å². The Labute approximate surface area is 136 Å². The van der Waals surface area contributed by atoms with Gasteiger partial charge >= 0.3 is 12.1 Å². The summed E-state index contributed by atoms with van der Waals surface area (Å²) in [6, 6.07) is 4.46. The first-order valence-electron chi connectivity index (χ1n) is 7.26. The number of amides is 1. The maximum Gasteiger partial charge on any atom is 0.471 e. The van der Waals surface area contributed by atoms with Crippen molar-refractivity contribution < 1.29 is 27.4 Å². The molecule has 0 aliphatic carbocycles. The van der Waals surface area contributed by atoms with Crippen molar-refractivity contribution in [3.05, 3.63) is 28.8 Å². The van der Waals surface area contributed by atoms with Crippen molar-refractivity contribution in [3.63, 3.8) is 0 Å². The smallest absolute Gasteiger partial charge is 0.353 e. The van der Waals surface area contributed by atoms with Crippen molar-refractivity contribution in [2.45, 2.75) is 38.1 Å². The second-order valence-electron chi connectivity index (χ2n) is 5.18. The molecule has 1 aromatic carbocycles. The van der Waals surface area contributed by atoms with Gasteiger partial charge in [0.1, 0.15) is 0 Å². The van der Waals surface area contributed by atoms with Crippen LogP contribution in [0.15, 0.2) is 18.2 Å². The Kier molecular flexibility index (Phi) is 6.26. The Bertz CT molecular complexity index is 545. The van der Waals surface area contributed by atoms with Gasteiger partial charge in [-0.3, -0.25) is 4.79 Å². The van der Waals surface area contributed by atoms with Crippen LogP contribution < -0.4 is 5.32 Å². The SMILES string of the molecule is O=C(Nc1ccc(CCOC2CCCCO2)cc1Cl)C(F)(F)F. The molecule has 128 valence electrons. The molecule has 1 amide bonds. The Morgan fingerprint density at radius 3 is 2.78 bits per heavy atom. The molecule has 0 radical (unpaired) electrons. The van der Waals surface area contributed by atoms with Gasteiger partial charge in [-0.1, -0.05) is 17.7 Å². The highest BCUT2D eigenvalue weighted by Crippen LogP contribution is 2.26. The number of alkyl halides is 3. The number of rotatable bonds is 5. The Balaban J connectivity index is 1.85. The number of nitrogens with one attached hydrogen (secondary N) is 1. The second kappa shape index (κ2) is 7.99. The summed E-state index contributed by atoms with van der Waals surface area (Å²) < 4.78 is 47.6. The van der Waals surface area contributed by atoms with Gasteiger partial charge in [0.05, 0.1) is 17.3 Å². The lowest BCUT2D eigenvalue weighted by Gasteiger charge is -2.22. The topological polar surface area (TPSA) is 47.6 Å². The zero-order valence-corrected chi connectivity index (χ0v) is 13.0. The van der Waals surface area contributed by atoms with Crippen molar-refractivity contribution in [2.24, 2.45) is 0 Å². The Hall–Kier alpha value is -1.31. The van der Waals surface area contributed by atoms with Crippen molar-refractivity contribution in [1.29, 1.82) is 0 Å². The first-order valence-corrected chi connectivity index (χ1v) is 7.64. The van der Waals surface area contributed by atoms with Crippen LogP contribution in [0.2, 0.25) is 5.02 Å². The lowest BCUT2D eigenvalue weighted by molar-refractivity contribution is -0.167. The minimum absolute atomic E-state index is 0.0500. The number of carbonyl (C=O) groups is 1. The van der Waals surface area contributed by atoms with E-state index in [1.807, 2.05) is 0 Å². The fourth-order valence-corrected chi connectivity index (χ4v) is 2.41. The molecule has 23 heavy (non-hydrogen) atoms. The molecule has 1 saturated heterocycles. The van der Waals surface area contributed by atoms with E-state index in [4.69, 9.17) is 21.1 Å². The molecule has 0 spiro atoms. The maximum atomic E-state index is 12.2. The van der Waals surface area contributed by atoms with E-state index in [0.717, 1.165) is 24.8 Å². The van der Waals surface area contributed by atoms with Gasteiger partial charge in [-0.2, -0.15) is 13.2 Å². The lowest BCUT2D eigenvalue weighted by Crippen LogP contribution is -2.30. The van der Waals surface area contributed by atoms with E-state index in [0.29, 0.717) is 19.6 Å². The zero-order chi connectivity index (χ0) is 16.9. The molecular formula is C15H17ClF3NO3. The third kappa shape index (κ3) is 5.67. The van der Waals surface area contributed by atoms with E-state index in [2.05, 4.69) is 0 Å². The minimum atomic E-state index is -4.95. The third-order valence-electron chi connectivity index (χ3n) is 3.37. The normalized spacial score (nSPS) is 18.7. The lowest BCUT2D eigenvalue weighted by atomic mass is 10.1. The molecule has 1 unspecified atom stereocenters. The largest absolute Gasteiger partial charge is 0.471 e. The second-order valence-corrected chi connectivity index (χ2v) is 5.59. The van der Waals surface area contributed by atoms with Gasteiger partial charge in [0, 0.05) is 6.61 Å². The zero-order valence-electron chi connectivity index (χ0n) is 12.3. The molecule has 1 aliphatic rings. The molecular weight excluding hydrogens is 335 g/mol. The molecule has 0 bridgehead atoms. The number of halogens is 4. The van der Waals surface area contributed by atoms with Gasteiger partial charge in [0.2, 0.25) is 0 Å². The number of hydrogen-bond acceptors (Lipinski definition) is 3. The van der Waals surface area contributed by atoms with Crippen molar-refractivity contribution >= 4 is 23.2 Å². The molecule has 1 aliphatic heterocycles. The summed E-state index contributed by atoms with van der Waals surface area (Å²) in [6.45, 7) is 1.12. The average molecular weight is 352 g/mol. The first-order chi connectivity index (χ1) is 10.9. The van der Waals surface area contributed by atoms with Crippen LogP contribution in [0, 0.1) is 0 Å². The van der Waals surface area contributed by atoms with Crippen molar-refractivity contribution in [3.8, 4) is 0 Å². The molecule has 2 rings (SSSR count). The summed E-state index contributed by atoms with van der Waals surface area (Å²) in [5, 5.41) is 1.79. The standard InChI is InChI=1S/C15H17ClF3NO3/c16-11-9-10(6-8-23-13-3-1-2-7-22-13)4-5-12(11)20-14(21)15(17,18)19/h4-5,9,13H,1-3,6-8H2,(H,20,21). The molecule has 1 fully saturated rings. The average Bonchev–Trinajstić information content (AvgIpc) is 2.50. The van der Waals surface area contributed by atoms with Crippen LogP contribution in [-0.4, -0.2) is 31.6 Å². The highest BCUT2D eigenvalue weighted by Gasteiger charge is 2.38. The summed E-state index contributed by atoms with van der Waals surface area (Å²) in [5.74, 6) is -2.05. The van der Waals surface area contributed by atoms with Crippen LogP contribution in [-0.2, 0) is 20.7 Å². The molecule has 1 aromatic rings. The monoisotopic (exact) mass is 351 g/mol. The Morgan fingerprint density at radius 1 is 1.39 bits per heavy atom. The summed E-state index contributed by atoms with van der Waals surface area (Å²) in [5.41, 5.74) is 0.727. The third-order valence-corrected chi connectivity index (χ3v) is 3.68. The van der Waals surface area contributed by atoms with Crippen LogP contribution in [0.3, 0.4) is 0 Å². The summed E-state index contributed by atoms with van der Waals surface area (Å²) in [6.07, 6.45) is -1.61. The van der Waals surface area contributed by atoms with Crippen molar-refractivity contribution in [2.75, 3.05) is 18.5 Å². The van der Waals surface area contributed by atoms with Crippen LogP contribution in [0.5, 0.6) is 0 Å². The highest BCUT2D eigenvalue weighted by molar-refractivity contribution is 6.33. The Morgan fingerprint density at radius 2 is 2.17 bits per heavy atom. The van der Waals surface area contributed by atoms with E-state index < -0.39 is 12.1 Å². The van der Waals surface area contributed by atoms with Crippen LogP contribution in [0.4, 0.5) is 18.9 Å². The molecule has 0 aromatic heterocycles. The molecule has 1 atom stereocenters. The molecule has 8 heteroatoms. The summed E-state index contributed by atoms with van der Waals surface area (Å²) >= 11 is 5.90. The van der Waals surface area contributed by atoms with E-state index >= 15 is 0 Å². The van der Waals surface area contributed by atoms with Crippen molar-refractivity contribution in [1.82, 2.24) is 0 Å². The highest BCUT2D eigenvalue weighted by atomic mass is 35.5. The molecule has 1 N–H and O–H groups in total. The van der Waals surface area contributed by atoms with Gasteiger partial charge < -0.3 is 14.8 Å². The van der Waals surface area contributed by atoms with Gasteiger partial charge in [0.25, 0.3) is 0 Å². The molecule has 1 heterocycles. The van der Waals surface area contributed by atoms with Gasteiger partial charge in [-0.05, 0) is 43.4 Å². The minimum Gasteiger partial charge on any atom is -0.353 e. The van der Waals surface area contributed by atoms with E-state index in [-0.39, 0.29) is 17.0 Å². The van der Waals surface area contributed by atoms with Gasteiger partial charge in [-0.15, -0.1) is 0 Å². The fraction of sp³-hybridized carbons (Fsp3) is 0.533. The maximum absolute atomic E-state index is 12.2. The predicted octanol–water partition coefficient (Wildman–Crippen LogP) is 3.93. The number of anilines is 1. The van der Waals surface area contributed by atoms with Gasteiger partial charge in [0.15, 0.2) is 6.29 Å². The van der Waals surface area contributed by atoms with E-state index in [9.17, 15) is 18.0 Å². The predicted molar refractivity (Wildman–Crippen MR) is 79.4 cm³/mol. The van der Waals surface area contributed by atoms with E-state index in [1.165, 1.54) is 12.1 Å². The van der Waals surface area contributed by atoms with Crippen LogP contribution >= 0.6 is 11.6 Å². The number of hydrogen-bond donors (Lipinski definition) is 1. The molecule has 4 nitrogen and oxygen atoms in total. The number of carbonyl (C=O) groups excluding carboxylic acids is 1. The summed E-state index contributed by atoms with van der Waals surface area (Å²) in [4.78, 5) is 10.9. The molecule has 0 saturated carbocycles. The number of benzene rings is 1. The fourth-order valence-electron chi connectivity index (χ4n) is 2.16. The van der Waals surface area contributed by atoms with Gasteiger partial charge in [-0.25, -0.2) is 0 Å².